The predicted molar refractivity (Wildman–Crippen MR) is 139 cm³/mol. The molecule has 184 valence electrons. The summed E-state index contributed by atoms with van der Waals surface area (Å²) in [6, 6.07) is 30.2. The van der Waals surface area contributed by atoms with E-state index in [0.29, 0.717) is 12.0 Å². The number of nitrogens with one attached hydrogen (secondary N) is 1. The number of halogens is 1. The second kappa shape index (κ2) is 10.3. The molecule has 36 heavy (non-hydrogen) atoms. The van der Waals surface area contributed by atoms with Crippen molar-refractivity contribution in [2.75, 3.05) is 6.61 Å². The number of nitrogens with zero attached hydrogens (tertiary/aromatic N) is 1. The van der Waals surface area contributed by atoms with E-state index in [-0.39, 0.29) is 12.0 Å². The van der Waals surface area contributed by atoms with Crippen molar-refractivity contribution in [3.63, 3.8) is 0 Å². The van der Waals surface area contributed by atoms with E-state index in [9.17, 15) is 9.59 Å². The molecular formula is C29H27ClN2O4. The first-order valence-corrected chi connectivity index (χ1v) is 12.3. The van der Waals surface area contributed by atoms with Gasteiger partial charge in [0.2, 0.25) is 0 Å². The third kappa shape index (κ3) is 4.55. The summed E-state index contributed by atoms with van der Waals surface area (Å²) in [5.74, 6) is 0. The lowest BCUT2D eigenvalue weighted by Gasteiger charge is -2.37. The summed E-state index contributed by atoms with van der Waals surface area (Å²) in [6.07, 6.45) is 0.867. The molecule has 1 N–H and O–H groups in total. The number of rotatable bonds is 7. The van der Waals surface area contributed by atoms with Gasteiger partial charge in [0.15, 0.2) is 0 Å². The largest absolute Gasteiger partial charge is 0.358 e. The molecule has 3 atom stereocenters. The molecule has 0 aliphatic carbocycles. The quantitative estimate of drug-likeness (QED) is 0.292. The van der Waals surface area contributed by atoms with Crippen LogP contribution in [-0.2, 0) is 15.1 Å². The number of hydrogen-bond acceptors (Lipinski definition) is 4. The molecule has 7 heteroatoms. The molecule has 0 bridgehead atoms. The van der Waals surface area contributed by atoms with Gasteiger partial charge in [0.05, 0.1) is 18.1 Å². The maximum atomic E-state index is 12.4. The Bertz CT molecular complexity index is 1320. The molecule has 0 amide bonds. The van der Waals surface area contributed by atoms with E-state index in [1.807, 2.05) is 54.6 Å². The zero-order valence-corrected chi connectivity index (χ0v) is 20.6. The Morgan fingerprint density at radius 2 is 1.42 bits per heavy atom. The number of ether oxygens (including phenoxy) is 2. The molecule has 1 aromatic heterocycles. The van der Waals surface area contributed by atoms with Crippen LogP contribution in [0.1, 0.15) is 34.9 Å². The van der Waals surface area contributed by atoms with Crippen molar-refractivity contribution in [1.82, 2.24) is 9.55 Å². The minimum absolute atomic E-state index is 0.195. The molecule has 0 saturated carbocycles. The lowest BCUT2D eigenvalue weighted by Crippen LogP contribution is -2.37. The predicted octanol–water partition coefficient (Wildman–Crippen LogP) is 4.75. The molecule has 5 rings (SSSR count). The van der Waals surface area contributed by atoms with Gasteiger partial charge < -0.3 is 9.47 Å². The van der Waals surface area contributed by atoms with Crippen molar-refractivity contribution in [2.24, 2.45) is 0 Å². The van der Waals surface area contributed by atoms with Crippen LogP contribution in [0, 0.1) is 6.92 Å². The Kier molecular flexibility index (Phi) is 6.92. The van der Waals surface area contributed by atoms with Gasteiger partial charge in [0.25, 0.3) is 5.56 Å². The number of aromatic amines is 1. The van der Waals surface area contributed by atoms with Crippen LogP contribution in [0.4, 0.5) is 0 Å². The van der Waals surface area contributed by atoms with Gasteiger partial charge in [-0.25, -0.2) is 4.79 Å². The Morgan fingerprint density at radius 1 is 0.917 bits per heavy atom. The Morgan fingerprint density at radius 3 is 1.92 bits per heavy atom. The summed E-state index contributed by atoms with van der Waals surface area (Å²) >= 11 is 6.72. The maximum Gasteiger partial charge on any atom is 0.330 e. The molecule has 1 saturated heterocycles. The van der Waals surface area contributed by atoms with E-state index >= 15 is 0 Å². The minimum atomic E-state index is -0.896. The van der Waals surface area contributed by atoms with Crippen LogP contribution >= 0.6 is 11.6 Å². The van der Waals surface area contributed by atoms with Gasteiger partial charge in [-0.1, -0.05) is 91.0 Å². The number of aromatic nitrogens is 2. The molecule has 3 aromatic carbocycles. The number of alkyl halides is 1. The first-order valence-electron chi connectivity index (χ1n) is 11.9. The van der Waals surface area contributed by atoms with Crippen LogP contribution < -0.4 is 11.2 Å². The number of aryl methyl sites for hydroxylation is 1. The highest BCUT2D eigenvalue weighted by atomic mass is 35.5. The van der Waals surface area contributed by atoms with Gasteiger partial charge in [-0.2, -0.15) is 0 Å². The summed E-state index contributed by atoms with van der Waals surface area (Å²) in [6.45, 7) is 1.84. The molecule has 0 radical (unpaired) electrons. The number of H-pyrrole nitrogens is 1. The maximum absolute atomic E-state index is 12.4. The molecule has 1 aliphatic heterocycles. The van der Waals surface area contributed by atoms with Crippen molar-refractivity contribution in [3.8, 4) is 0 Å². The van der Waals surface area contributed by atoms with Gasteiger partial charge in [-0.15, -0.1) is 11.6 Å². The average molecular weight is 503 g/mol. The molecule has 1 aliphatic rings. The molecule has 6 nitrogen and oxygen atoms in total. The normalized spacial score (nSPS) is 19.9. The average Bonchev–Trinajstić information content (AvgIpc) is 3.28. The van der Waals surface area contributed by atoms with Crippen LogP contribution in [0.3, 0.4) is 0 Å². The van der Waals surface area contributed by atoms with Gasteiger partial charge in [0, 0.05) is 18.2 Å². The van der Waals surface area contributed by atoms with Gasteiger partial charge in [-0.05, 0) is 23.6 Å². The van der Waals surface area contributed by atoms with Crippen molar-refractivity contribution in [3.05, 3.63) is 140 Å². The van der Waals surface area contributed by atoms with Crippen LogP contribution in [-0.4, -0.2) is 27.6 Å². The second-order valence-electron chi connectivity index (χ2n) is 8.95. The second-order valence-corrected chi connectivity index (χ2v) is 9.51. The third-order valence-corrected chi connectivity index (χ3v) is 7.08. The molecule has 4 aromatic rings. The molecule has 1 fully saturated rings. The topological polar surface area (TPSA) is 73.3 Å². The van der Waals surface area contributed by atoms with E-state index in [1.165, 1.54) is 10.8 Å². The smallest absolute Gasteiger partial charge is 0.330 e. The fourth-order valence-electron chi connectivity index (χ4n) is 4.79. The van der Waals surface area contributed by atoms with Crippen LogP contribution in [0.25, 0.3) is 0 Å². The van der Waals surface area contributed by atoms with Crippen molar-refractivity contribution in [2.45, 2.75) is 36.7 Å². The summed E-state index contributed by atoms with van der Waals surface area (Å²) in [7, 11) is 0. The van der Waals surface area contributed by atoms with Gasteiger partial charge in [-0.3, -0.25) is 14.3 Å². The summed E-state index contributed by atoms with van der Waals surface area (Å²) in [4.78, 5) is 26.5. The SMILES string of the molecule is Cc1cn([C@H]2C[C@H](Cl)[C@@H](COC(c3ccccc3)(c3ccccc3)c3ccccc3)O2)c(=O)[nH]c1=O. The van der Waals surface area contributed by atoms with Crippen LogP contribution in [0.5, 0.6) is 0 Å². The van der Waals surface area contributed by atoms with E-state index < -0.39 is 29.2 Å². The lowest BCUT2D eigenvalue weighted by molar-refractivity contribution is -0.0768. The van der Waals surface area contributed by atoms with Gasteiger partial charge in [0.1, 0.15) is 11.8 Å². The van der Waals surface area contributed by atoms with Gasteiger partial charge >= 0.3 is 5.69 Å². The first kappa shape index (κ1) is 24.3. The number of benzene rings is 3. The first-order chi connectivity index (χ1) is 17.5. The molecule has 0 unspecified atom stereocenters. The Balaban J connectivity index is 1.50. The van der Waals surface area contributed by atoms with E-state index in [0.717, 1.165) is 16.7 Å². The molecular weight excluding hydrogens is 476 g/mol. The zero-order valence-electron chi connectivity index (χ0n) is 19.8. The minimum Gasteiger partial charge on any atom is -0.358 e. The summed E-state index contributed by atoms with van der Waals surface area (Å²) < 4.78 is 14.5. The summed E-state index contributed by atoms with van der Waals surface area (Å²) in [5.41, 5.74) is 1.55. The van der Waals surface area contributed by atoms with Crippen molar-refractivity contribution in [1.29, 1.82) is 0 Å². The summed E-state index contributed by atoms with van der Waals surface area (Å²) in [5, 5.41) is -0.380. The number of hydrogen-bond donors (Lipinski definition) is 1. The lowest BCUT2D eigenvalue weighted by atomic mass is 9.80. The third-order valence-electron chi connectivity index (χ3n) is 6.62. The molecule has 2 heterocycles. The Labute approximate surface area is 214 Å². The van der Waals surface area contributed by atoms with Crippen molar-refractivity contribution < 1.29 is 9.47 Å². The van der Waals surface area contributed by atoms with Crippen molar-refractivity contribution >= 4 is 11.6 Å². The highest BCUT2D eigenvalue weighted by Gasteiger charge is 2.41. The van der Waals surface area contributed by atoms with E-state index in [1.54, 1.807) is 6.92 Å². The molecule has 0 spiro atoms. The highest BCUT2D eigenvalue weighted by Crippen LogP contribution is 2.42. The van der Waals surface area contributed by atoms with E-state index in [4.69, 9.17) is 21.1 Å². The van der Waals surface area contributed by atoms with E-state index in [2.05, 4.69) is 41.4 Å². The Hall–Kier alpha value is -3.45. The fraction of sp³-hybridized carbons (Fsp3) is 0.241. The van der Waals surface area contributed by atoms with Crippen LogP contribution in [0.2, 0.25) is 0 Å². The zero-order chi connectivity index (χ0) is 25.1. The highest BCUT2D eigenvalue weighted by molar-refractivity contribution is 6.21. The fourth-order valence-corrected chi connectivity index (χ4v) is 5.07. The monoisotopic (exact) mass is 502 g/mol. The van der Waals surface area contributed by atoms with Crippen LogP contribution in [0.15, 0.2) is 107 Å². The standard InChI is InChI=1S/C29H27ClN2O4/c1-20-18-32(28(34)31-27(20)33)26-17-24(30)25(36-26)19-35-29(21-11-5-2-6-12-21,22-13-7-3-8-14-22)23-15-9-4-10-16-23/h2-16,18,24-26H,17,19H2,1H3,(H,31,33,34)/t24-,25+,26+/m0/s1.